The number of hydrogen-bond donors (Lipinski definition) is 0. The van der Waals surface area contributed by atoms with Gasteiger partial charge in [0.05, 0.1) is 0 Å². The van der Waals surface area contributed by atoms with Crippen molar-refractivity contribution in [2.75, 3.05) is 0 Å². The zero-order chi connectivity index (χ0) is 9.10. The van der Waals surface area contributed by atoms with Crippen molar-refractivity contribution in [3.8, 4) is 11.1 Å². The molecule has 0 fully saturated rings. The predicted molar refractivity (Wildman–Crippen MR) is 71.2 cm³/mol. The van der Waals surface area contributed by atoms with E-state index in [0.717, 1.165) is 5.02 Å². The van der Waals surface area contributed by atoms with Crippen molar-refractivity contribution in [3.63, 3.8) is 0 Å². The van der Waals surface area contributed by atoms with Crippen molar-refractivity contribution in [3.05, 3.63) is 59.6 Å². The summed E-state index contributed by atoms with van der Waals surface area (Å²) in [6.45, 7) is 0. The van der Waals surface area contributed by atoms with Crippen LogP contribution in [0.25, 0.3) is 11.1 Å². The van der Waals surface area contributed by atoms with Gasteiger partial charge in [0.1, 0.15) is 0 Å². The average Bonchev–Trinajstić information content (AvgIpc) is 2.20. The van der Waals surface area contributed by atoms with E-state index in [9.17, 15) is 0 Å². The Balaban J connectivity index is 0.000000980. The van der Waals surface area contributed by atoms with Crippen LogP contribution in [0.15, 0.2) is 54.6 Å². The zero-order valence-electron chi connectivity index (χ0n) is 7.07. The summed E-state index contributed by atoms with van der Waals surface area (Å²) in [5.41, 5.74) is 2.42. The van der Waals surface area contributed by atoms with Crippen LogP contribution in [0.5, 0.6) is 0 Å². The Hall–Kier alpha value is -0.0752. The van der Waals surface area contributed by atoms with Gasteiger partial charge in [0.15, 0.2) is 0 Å². The number of rotatable bonds is 1. The standard InChI is InChI=1S/C12H9Cl.2Li.2H/c13-12-8-6-11(7-9-12)10-4-2-1-3-5-10;;;;/h1-9H;;;;. The van der Waals surface area contributed by atoms with Gasteiger partial charge in [-0.3, -0.25) is 0 Å². The molecule has 0 radical (unpaired) electrons. The van der Waals surface area contributed by atoms with E-state index in [4.69, 9.17) is 11.6 Å². The summed E-state index contributed by atoms with van der Waals surface area (Å²) < 4.78 is 0. The number of benzene rings is 2. The van der Waals surface area contributed by atoms with Crippen LogP contribution in [0.3, 0.4) is 0 Å². The number of halogens is 1. The van der Waals surface area contributed by atoms with Crippen molar-refractivity contribution in [2.24, 2.45) is 0 Å². The second kappa shape index (κ2) is 7.24. The molecule has 2 rings (SSSR count). The first-order valence-electron chi connectivity index (χ1n) is 4.17. The van der Waals surface area contributed by atoms with E-state index in [1.807, 2.05) is 42.5 Å². The summed E-state index contributed by atoms with van der Waals surface area (Å²) in [5, 5.41) is 0.777. The molecule has 0 saturated heterocycles. The van der Waals surface area contributed by atoms with Gasteiger partial charge in [-0.05, 0) is 23.3 Å². The van der Waals surface area contributed by atoms with Crippen molar-refractivity contribution in [2.45, 2.75) is 0 Å². The molecule has 0 atom stereocenters. The monoisotopic (exact) mass is 204 g/mol. The Bertz CT molecular complexity index is 384. The van der Waals surface area contributed by atoms with E-state index < -0.39 is 0 Å². The molecule has 0 nitrogen and oxygen atoms in total. The van der Waals surface area contributed by atoms with E-state index in [1.54, 1.807) is 0 Å². The topological polar surface area (TPSA) is 0 Å². The van der Waals surface area contributed by atoms with Crippen LogP contribution in [-0.4, -0.2) is 37.7 Å². The summed E-state index contributed by atoms with van der Waals surface area (Å²) in [4.78, 5) is 0. The molecule has 0 aliphatic carbocycles. The third-order valence-corrected chi connectivity index (χ3v) is 2.20. The molecule has 15 heavy (non-hydrogen) atoms. The predicted octanol–water partition coefficient (Wildman–Crippen LogP) is 2.71. The van der Waals surface area contributed by atoms with Gasteiger partial charge in [-0.1, -0.05) is 54.1 Å². The fraction of sp³-hybridized carbons (Fsp3) is 0. The normalized spacial score (nSPS) is 8.60. The summed E-state index contributed by atoms with van der Waals surface area (Å²) in [5.74, 6) is 0. The van der Waals surface area contributed by atoms with Crippen LogP contribution >= 0.6 is 11.6 Å². The maximum absolute atomic E-state index is 5.80. The molecule has 3 heteroatoms. The van der Waals surface area contributed by atoms with Crippen LogP contribution in [0.2, 0.25) is 5.02 Å². The molecule has 0 heterocycles. The molecule has 0 N–H and O–H groups in total. The minimum absolute atomic E-state index is 0. The summed E-state index contributed by atoms with van der Waals surface area (Å²) in [6, 6.07) is 18.1. The minimum atomic E-state index is 0. The molecule has 0 saturated carbocycles. The van der Waals surface area contributed by atoms with Crippen molar-refractivity contribution >= 4 is 49.3 Å². The molecule has 0 aliphatic rings. The quantitative estimate of drug-likeness (QED) is 0.627. The van der Waals surface area contributed by atoms with Crippen molar-refractivity contribution < 1.29 is 0 Å². The second-order valence-electron chi connectivity index (χ2n) is 2.87. The van der Waals surface area contributed by atoms with E-state index in [-0.39, 0.29) is 37.7 Å². The van der Waals surface area contributed by atoms with Gasteiger partial charge in [0.2, 0.25) is 0 Å². The molecule has 0 aromatic heterocycles. The Morgan fingerprint density at radius 3 is 1.60 bits per heavy atom. The summed E-state index contributed by atoms with van der Waals surface area (Å²) in [7, 11) is 0. The van der Waals surface area contributed by atoms with E-state index in [1.165, 1.54) is 11.1 Å². The Kier molecular flexibility index (Phi) is 7.20. The van der Waals surface area contributed by atoms with Gasteiger partial charge >= 0.3 is 37.7 Å². The summed E-state index contributed by atoms with van der Waals surface area (Å²) >= 11 is 5.80. The van der Waals surface area contributed by atoms with E-state index >= 15 is 0 Å². The molecule has 2 aromatic rings. The van der Waals surface area contributed by atoms with E-state index in [2.05, 4.69) is 12.1 Å². The molecule has 0 unspecified atom stereocenters. The van der Waals surface area contributed by atoms with Crippen LogP contribution in [-0.2, 0) is 0 Å². The fourth-order valence-electron chi connectivity index (χ4n) is 1.27. The van der Waals surface area contributed by atoms with Crippen LogP contribution < -0.4 is 0 Å². The molecule has 0 bridgehead atoms. The Morgan fingerprint density at radius 2 is 1.07 bits per heavy atom. The first-order valence-corrected chi connectivity index (χ1v) is 4.55. The second-order valence-corrected chi connectivity index (χ2v) is 3.31. The van der Waals surface area contributed by atoms with Crippen molar-refractivity contribution in [1.29, 1.82) is 0 Å². The van der Waals surface area contributed by atoms with Gasteiger partial charge in [-0.2, -0.15) is 0 Å². The molecule has 0 amide bonds. The molecular weight excluding hydrogens is 193 g/mol. The van der Waals surface area contributed by atoms with Crippen LogP contribution in [0.4, 0.5) is 0 Å². The number of hydrogen-bond acceptors (Lipinski definition) is 0. The van der Waals surface area contributed by atoms with Gasteiger partial charge in [0, 0.05) is 5.02 Å². The molecule has 2 aromatic carbocycles. The van der Waals surface area contributed by atoms with Crippen LogP contribution in [0, 0.1) is 0 Å². The Morgan fingerprint density at radius 1 is 0.600 bits per heavy atom. The summed E-state index contributed by atoms with van der Waals surface area (Å²) in [6.07, 6.45) is 0. The molecule has 0 aliphatic heterocycles. The SMILES string of the molecule is Clc1ccc(-c2ccccc2)cc1.[LiH].[LiH]. The van der Waals surface area contributed by atoms with Gasteiger partial charge < -0.3 is 0 Å². The molecule has 68 valence electrons. The first-order chi connectivity index (χ1) is 6.36. The Labute approximate surface area is 119 Å². The van der Waals surface area contributed by atoms with Crippen LogP contribution in [0.1, 0.15) is 0 Å². The first kappa shape index (κ1) is 14.9. The molecule has 0 spiro atoms. The third kappa shape index (κ3) is 4.12. The van der Waals surface area contributed by atoms with E-state index in [0.29, 0.717) is 0 Å². The maximum atomic E-state index is 5.80. The van der Waals surface area contributed by atoms with Gasteiger partial charge in [0.25, 0.3) is 0 Å². The van der Waals surface area contributed by atoms with Gasteiger partial charge in [-0.25, -0.2) is 0 Å². The average molecular weight is 205 g/mol. The van der Waals surface area contributed by atoms with Crippen molar-refractivity contribution in [1.82, 2.24) is 0 Å². The van der Waals surface area contributed by atoms with Gasteiger partial charge in [-0.15, -0.1) is 0 Å². The fourth-order valence-corrected chi connectivity index (χ4v) is 1.40. The third-order valence-electron chi connectivity index (χ3n) is 1.95. The zero-order valence-corrected chi connectivity index (χ0v) is 7.83. The molecular formula is C12H11ClLi2.